The van der Waals surface area contributed by atoms with Crippen LogP contribution >= 0.6 is 11.6 Å². The van der Waals surface area contributed by atoms with Crippen LogP contribution in [0.1, 0.15) is 25.8 Å². The molecular formula is C20H23ClN2O3. The minimum atomic E-state index is -0.168. The monoisotopic (exact) mass is 374 g/mol. The molecule has 0 aromatic heterocycles. The van der Waals surface area contributed by atoms with Crippen LogP contribution in [0.2, 0.25) is 5.02 Å². The average Bonchev–Trinajstić information content (AvgIpc) is 2.60. The van der Waals surface area contributed by atoms with Gasteiger partial charge in [0.25, 0.3) is 0 Å². The Kier molecular flexibility index (Phi) is 7.04. The Balaban J connectivity index is 1.96. The molecule has 0 fully saturated rings. The van der Waals surface area contributed by atoms with Crippen LogP contribution < -0.4 is 15.0 Å². The van der Waals surface area contributed by atoms with E-state index in [1.807, 2.05) is 26.0 Å². The molecule has 0 saturated heterocycles. The van der Waals surface area contributed by atoms with Crippen LogP contribution in [-0.2, 0) is 9.59 Å². The summed E-state index contributed by atoms with van der Waals surface area (Å²) in [4.78, 5) is 25.7. The van der Waals surface area contributed by atoms with E-state index in [0.717, 1.165) is 11.3 Å². The smallest absolute Gasteiger partial charge is 0.226 e. The molecule has 0 spiro atoms. The summed E-state index contributed by atoms with van der Waals surface area (Å²) in [6, 6.07) is 12.6. The fraction of sp³-hybridized carbons (Fsp3) is 0.300. The molecule has 2 aromatic rings. The van der Waals surface area contributed by atoms with Crippen molar-refractivity contribution >= 4 is 34.8 Å². The van der Waals surface area contributed by atoms with Gasteiger partial charge in [0.1, 0.15) is 5.75 Å². The summed E-state index contributed by atoms with van der Waals surface area (Å²) in [5.74, 6) is 0.446. The SMILES string of the molecule is CCOc1ccc(NC(=O)CCN(C(C)=O)c2ccc(C)c(Cl)c2)cc1. The lowest BCUT2D eigenvalue weighted by molar-refractivity contribution is -0.117. The highest BCUT2D eigenvalue weighted by molar-refractivity contribution is 6.31. The summed E-state index contributed by atoms with van der Waals surface area (Å²) < 4.78 is 5.37. The molecule has 0 unspecified atom stereocenters. The number of nitrogens with one attached hydrogen (secondary N) is 1. The maximum absolute atomic E-state index is 12.2. The Morgan fingerprint density at radius 1 is 1.15 bits per heavy atom. The first-order valence-corrected chi connectivity index (χ1v) is 8.85. The third-order valence-electron chi connectivity index (χ3n) is 3.86. The topological polar surface area (TPSA) is 58.6 Å². The van der Waals surface area contributed by atoms with Crippen molar-refractivity contribution in [1.29, 1.82) is 0 Å². The van der Waals surface area contributed by atoms with E-state index in [9.17, 15) is 9.59 Å². The van der Waals surface area contributed by atoms with Crippen LogP contribution in [-0.4, -0.2) is 25.0 Å². The van der Waals surface area contributed by atoms with Crippen molar-refractivity contribution in [2.75, 3.05) is 23.4 Å². The van der Waals surface area contributed by atoms with Gasteiger partial charge >= 0.3 is 0 Å². The molecule has 2 amide bonds. The fourth-order valence-electron chi connectivity index (χ4n) is 2.46. The molecule has 0 saturated carbocycles. The lowest BCUT2D eigenvalue weighted by Gasteiger charge is -2.21. The quantitative estimate of drug-likeness (QED) is 0.779. The van der Waals surface area contributed by atoms with Crippen LogP contribution in [0.3, 0.4) is 0 Å². The van der Waals surface area contributed by atoms with Crippen molar-refractivity contribution in [3.8, 4) is 5.75 Å². The molecule has 0 aliphatic carbocycles. The summed E-state index contributed by atoms with van der Waals surface area (Å²) in [6.07, 6.45) is 0.179. The Hall–Kier alpha value is -2.53. The molecule has 0 atom stereocenters. The number of benzene rings is 2. The molecule has 0 heterocycles. The molecule has 138 valence electrons. The number of carbonyl (C=O) groups excluding carboxylic acids is 2. The number of aryl methyl sites for hydroxylation is 1. The number of hydrogen-bond acceptors (Lipinski definition) is 3. The van der Waals surface area contributed by atoms with Gasteiger partial charge in [-0.1, -0.05) is 17.7 Å². The highest BCUT2D eigenvalue weighted by atomic mass is 35.5. The highest BCUT2D eigenvalue weighted by Crippen LogP contribution is 2.23. The van der Waals surface area contributed by atoms with Gasteiger partial charge in [-0.15, -0.1) is 0 Å². The maximum Gasteiger partial charge on any atom is 0.226 e. The van der Waals surface area contributed by atoms with E-state index in [0.29, 0.717) is 23.0 Å². The first kappa shape index (κ1) is 19.8. The molecule has 5 nitrogen and oxygen atoms in total. The van der Waals surface area contributed by atoms with E-state index in [-0.39, 0.29) is 24.8 Å². The van der Waals surface area contributed by atoms with Gasteiger partial charge in [0.2, 0.25) is 11.8 Å². The molecule has 1 N–H and O–H groups in total. The first-order chi connectivity index (χ1) is 12.4. The second kappa shape index (κ2) is 9.25. The Bertz CT molecular complexity index is 775. The van der Waals surface area contributed by atoms with Crippen LogP contribution in [0, 0.1) is 6.92 Å². The van der Waals surface area contributed by atoms with E-state index in [4.69, 9.17) is 16.3 Å². The largest absolute Gasteiger partial charge is 0.494 e. The zero-order valence-electron chi connectivity index (χ0n) is 15.2. The number of hydrogen-bond donors (Lipinski definition) is 1. The van der Waals surface area contributed by atoms with Gasteiger partial charge < -0.3 is 15.0 Å². The Morgan fingerprint density at radius 2 is 1.85 bits per heavy atom. The Labute approximate surface area is 158 Å². The van der Waals surface area contributed by atoms with E-state index >= 15 is 0 Å². The van der Waals surface area contributed by atoms with Crippen molar-refractivity contribution in [3.05, 3.63) is 53.1 Å². The average molecular weight is 375 g/mol. The van der Waals surface area contributed by atoms with E-state index in [1.54, 1.807) is 35.2 Å². The summed E-state index contributed by atoms with van der Waals surface area (Å²) in [5.41, 5.74) is 2.31. The van der Waals surface area contributed by atoms with Crippen molar-refractivity contribution in [1.82, 2.24) is 0 Å². The second-order valence-electron chi connectivity index (χ2n) is 5.86. The van der Waals surface area contributed by atoms with E-state index < -0.39 is 0 Å². The minimum absolute atomic E-state index is 0.140. The lowest BCUT2D eigenvalue weighted by Crippen LogP contribution is -2.32. The third kappa shape index (κ3) is 5.49. The van der Waals surface area contributed by atoms with E-state index in [1.165, 1.54) is 6.92 Å². The van der Waals surface area contributed by atoms with Crippen LogP contribution in [0.5, 0.6) is 5.75 Å². The number of ether oxygens (including phenoxy) is 1. The molecule has 2 rings (SSSR count). The number of halogens is 1. The molecule has 26 heavy (non-hydrogen) atoms. The van der Waals surface area contributed by atoms with Gasteiger partial charge in [0.05, 0.1) is 6.61 Å². The normalized spacial score (nSPS) is 10.3. The number of rotatable bonds is 7. The van der Waals surface area contributed by atoms with Gasteiger partial charge in [-0.05, 0) is 55.8 Å². The number of carbonyl (C=O) groups is 2. The first-order valence-electron chi connectivity index (χ1n) is 8.47. The fourth-order valence-corrected chi connectivity index (χ4v) is 2.63. The standard InChI is InChI=1S/C20H23ClN2O3/c1-4-26-18-9-6-16(7-10-18)22-20(25)11-12-23(15(3)24)17-8-5-14(2)19(21)13-17/h5-10,13H,4,11-12H2,1-3H3,(H,22,25). The molecule has 0 radical (unpaired) electrons. The number of anilines is 2. The lowest BCUT2D eigenvalue weighted by atomic mass is 10.2. The van der Waals surface area contributed by atoms with Crippen molar-refractivity contribution in [2.45, 2.75) is 27.2 Å². The van der Waals surface area contributed by atoms with Crippen molar-refractivity contribution in [3.63, 3.8) is 0 Å². The molecule has 0 aliphatic rings. The van der Waals surface area contributed by atoms with Gasteiger partial charge in [-0.2, -0.15) is 0 Å². The van der Waals surface area contributed by atoms with Crippen molar-refractivity contribution in [2.24, 2.45) is 0 Å². The van der Waals surface area contributed by atoms with Crippen LogP contribution in [0.4, 0.5) is 11.4 Å². The zero-order valence-corrected chi connectivity index (χ0v) is 16.0. The van der Waals surface area contributed by atoms with Gasteiger partial charge in [0.15, 0.2) is 0 Å². The third-order valence-corrected chi connectivity index (χ3v) is 4.27. The highest BCUT2D eigenvalue weighted by Gasteiger charge is 2.14. The van der Waals surface area contributed by atoms with Crippen molar-refractivity contribution < 1.29 is 14.3 Å². The molecular weight excluding hydrogens is 352 g/mol. The zero-order chi connectivity index (χ0) is 19.1. The molecule has 0 bridgehead atoms. The number of nitrogens with zero attached hydrogens (tertiary/aromatic N) is 1. The van der Waals surface area contributed by atoms with Gasteiger partial charge in [-0.25, -0.2) is 0 Å². The summed E-state index contributed by atoms with van der Waals surface area (Å²) >= 11 is 6.14. The minimum Gasteiger partial charge on any atom is -0.494 e. The van der Waals surface area contributed by atoms with E-state index in [2.05, 4.69) is 5.32 Å². The molecule has 0 aliphatic heterocycles. The maximum atomic E-state index is 12.2. The van der Waals surface area contributed by atoms with Gasteiger partial charge in [0, 0.05) is 36.3 Å². The summed E-state index contributed by atoms with van der Waals surface area (Å²) in [7, 11) is 0. The number of amides is 2. The molecule has 6 heteroatoms. The summed E-state index contributed by atoms with van der Waals surface area (Å²) in [5, 5.41) is 3.41. The predicted molar refractivity (Wildman–Crippen MR) is 105 cm³/mol. The predicted octanol–water partition coefficient (Wildman–Crippen LogP) is 4.43. The second-order valence-corrected chi connectivity index (χ2v) is 6.27. The Morgan fingerprint density at radius 3 is 2.42 bits per heavy atom. The van der Waals surface area contributed by atoms with Crippen LogP contribution in [0.25, 0.3) is 0 Å². The summed E-state index contributed by atoms with van der Waals surface area (Å²) in [6.45, 7) is 6.15. The molecule has 2 aromatic carbocycles. The van der Waals surface area contributed by atoms with Gasteiger partial charge in [-0.3, -0.25) is 9.59 Å². The van der Waals surface area contributed by atoms with Crippen LogP contribution in [0.15, 0.2) is 42.5 Å².